The normalized spacial score (nSPS) is 16.0. The van der Waals surface area contributed by atoms with Crippen molar-refractivity contribution in [3.8, 4) is 0 Å². The van der Waals surface area contributed by atoms with Gasteiger partial charge in [-0.25, -0.2) is 4.39 Å². The lowest BCUT2D eigenvalue weighted by molar-refractivity contribution is 0.623. The van der Waals surface area contributed by atoms with Gasteiger partial charge in [0, 0.05) is 25.0 Å². The molecule has 1 saturated heterocycles. The number of halogens is 1. The van der Waals surface area contributed by atoms with Crippen LogP contribution in [0.5, 0.6) is 0 Å². The van der Waals surface area contributed by atoms with Crippen LogP contribution in [0, 0.1) is 5.82 Å². The molecule has 0 spiro atoms. The molecule has 1 N–H and O–H groups in total. The van der Waals surface area contributed by atoms with Gasteiger partial charge in [0.25, 0.3) is 0 Å². The lowest BCUT2D eigenvalue weighted by Crippen LogP contribution is -2.19. The van der Waals surface area contributed by atoms with Gasteiger partial charge in [0.1, 0.15) is 5.82 Å². The highest BCUT2D eigenvalue weighted by atomic mass is 19.1. The number of nitrogens with one attached hydrogen (secondary N) is 1. The van der Waals surface area contributed by atoms with Crippen LogP contribution >= 0.6 is 0 Å². The molecule has 1 fully saturated rings. The van der Waals surface area contributed by atoms with E-state index in [1.807, 2.05) is 37.3 Å². The summed E-state index contributed by atoms with van der Waals surface area (Å²) in [6.07, 6.45) is 4.07. The molecule has 4 heteroatoms. The molecular weight excluding hydrogens is 265 g/mol. The van der Waals surface area contributed by atoms with Gasteiger partial charge in [-0.1, -0.05) is 6.07 Å². The Hall–Kier alpha value is -2.10. The summed E-state index contributed by atoms with van der Waals surface area (Å²) >= 11 is 0. The van der Waals surface area contributed by atoms with Gasteiger partial charge in [0.05, 0.1) is 17.4 Å². The fraction of sp³-hybridized carbons (Fsp3) is 0.353. The standard InChI is InChI=1S/C17H20FN3/c1-13(16-6-2-3-9-19-16)20-14-7-8-17(15(18)12-14)21-10-4-5-11-21/h2-3,6-9,12-13,20H,4-5,10-11H2,1H3. The zero-order chi connectivity index (χ0) is 14.7. The third kappa shape index (κ3) is 3.15. The molecule has 1 aromatic heterocycles. The van der Waals surface area contributed by atoms with Gasteiger partial charge in [0.15, 0.2) is 0 Å². The summed E-state index contributed by atoms with van der Waals surface area (Å²) in [6.45, 7) is 3.93. The van der Waals surface area contributed by atoms with Crippen LogP contribution in [-0.2, 0) is 0 Å². The van der Waals surface area contributed by atoms with Crippen molar-refractivity contribution in [3.63, 3.8) is 0 Å². The zero-order valence-corrected chi connectivity index (χ0v) is 12.2. The molecule has 1 aromatic carbocycles. The second-order valence-corrected chi connectivity index (χ2v) is 5.48. The molecule has 1 aliphatic rings. The van der Waals surface area contributed by atoms with Crippen molar-refractivity contribution < 1.29 is 4.39 Å². The first-order valence-electron chi connectivity index (χ1n) is 7.46. The van der Waals surface area contributed by atoms with E-state index in [9.17, 15) is 4.39 Å². The van der Waals surface area contributed by atoms with E-state index < -0.39 is 0 Å². The molecular formula is C17H20FN3. The van der Waals surface area contributed by atoms with Gasteiger partial charge >= 0.3 is 0 Å². The summed E-state index contributed by atoms with van der Waals surface area (Å²) < 4.78 is 14.3. The second kappa shape index (κ2) is 6.12. The number of pyridine rings is 1. The number of hydrogen-bond donors (Lipinski definition) is 1. The van der Waals surface area contributed by atoms with Crippen molar-refractivity contribution in [3.05, 3.63) is 54.1 Å². The van der Waals surface area contributed by atoms with Crippen LogP contribution in [0.15, 0.2) is 42.6 Å². The highest BCUT2D eigenvalue weighted by molar-refractivity contribution is 5.57. The first-order chi connectivity index (χ1) is 10.2. The van der Waals surface area contributed by atoms with E-state index >= 15 is 0 Å². The molecule has 1 aliphatic heterocycles. The van der Waals surface area contributed by atoms with Crippen LogP contribution in [0.3, 0.4) is 0 Å². The van der Waals surface area contributed by atoms with E-state index in [1.54, 1.807) is 12.3 Å². The van der Waals surface area contributed by atoms with Gasteiger partial charge in [-0.05, 0) is 50.1 Å². The Kier molecular flexibility index (Phi) is 4.04. The third-order valence-corrected chi connectivity index (χ3v) is 3.91. The Morgan fingerprint density at radius 2 is 2.00 bits per heavy atom. The molecule has 0 saturated carbocycles. The summed E-state index contributed by atoms with van der Waals surface area (Å²) in [6, 6.07) is 11.2. The molecule has 110 valence electrons. The predicted molar refractivity (Wildman–Crippen MR) is 84.1 cm³/mol. The van der Waals surface area contributed by atoms with Crippen LogP contribution in [0.4, 0.5) is 15.8 Å². The van der Waals surface area contributed by atoms with Crippen molar-refractivity contribution in [2.24, 2.45) is 0 Å². The largest absolute Gasteiger partial charge is 0.377 e. The summed E-state index contributed by atoms with van der Waals surface area (Å²) in [5, 5.41) is 3.30. The minimum Gasteiger partial charge on any atom is -0.377 e. The average molecular weight is 285 g/mol. The van der Waals surface area contributed by atoms with Crippen LogP contribution in [-0.4, -0.2) is 18.1 Å². The summed E-state index contributed by atoms with van der Waals surface area (Å²) in [4.78, 5) is 6.43. The third-order valence-electron chi connectivity index (χ3n) is 3.91. The first-order valence-corrected chi connectivity index (χ1v) is 7.46. The monoisotopic (exact) mass is 285 g/mol. The Bertz CT molecular complexity index is 594. The average Bonchev–Trinajstić information content (AvgIpc) is 3.02. The minimum atomic E-state index is -0.157. The molecule has 21 heavy (non-hydrogen) atoms. The van der Waals surface area contributed by atoms with Gasteiger partial charge in [-0.15, -0.1) is 0 Å². The van der Waals surface area contributed by atoms with Crippen LogP contribution in [0.2, 0.25) is 0 Å². The maximum Gasteiger partial charge on any atom is 0.148 e. The predicted octanol–water partition coefficient (Wildman–Crippen LogP) is 3.99. The van der Waals surface area contributed by atoms with Gasteiger partial charge < -0.3 is 10.2 Å². The quantitative estimate of drug-likeness (QED) is 0.920. The fourth-order valence-electron chi connectivity index (χ4n) is 2.77. The Morgan fingerprint density at radius 1 is 1.19 bits per heavy atom. The zero-order valence-electron chi connectivity index (χ0n) is 12.2. The first kappa shape index (κ1) is 13.9. The maximum absolute atomic E-state index is 14.3. The van der Waals surface area contributed by atoms with E-state index in [0.29, 0.717) is 5.69 Å². The molecule has 1 atom stereocenters. The lowest BCUT2D eigenvalue weighted by atomic mass is 10.2. The van der Waals surface area contributed by atoms with E-state index in [0.717, 1.165) is 37.3 Å². The van der Waals surface area contributed by atoms with Crippen molar-refractivity contribution in [2.75, 3.05) is 23.3 Å². The summed E-state index contributed by atoms with van der Waals surface area (Å²) in [7, 11) is 0. The van der Waals surface area contributed by atoms with Gasteiger partial charge in [-0.2, -0.15) is 0 Å². The van der Waals surface area contributed by atoms with Crippen molar-refractivity contribution in [2.45, 2.75) is 25.8 Å². The molecule has 0 amide bonds. The molecule has 3 rings (SSSR count). The summed E-state index contributed by atoms with van der Waals surface area (Å²) in [5.74, 6) is -0.157. The highest BCUT2D eigenvalue weighted by Crippen LogP contribution is 2.27. The molecule has 2 heterocycles. The smallest absolute Gasteiger partial charge is 0.148 e. The lowest BCUT2D eigenvalue weighted by Gasteiger charge is -2.20. The Labute approximate surface area is 124 Å². The second-order valence-electron chi connectivity index (χ2n) is 5.48. The van der Waals surface area contributed by atoms with Crippen molar-refractivity contribution >= 4 is 11.4 Å². The van der Waals surface area contributed by atoms with Crippen molar-refractivity contribution in [1.82, 2.24) is 4.98 Å². The van der Waals surface area contributed by atoms with Gasteiger partial charge in [-0.3, -0.25) is 4.98 Å². The van der Waals surface area contributed by atoms with E-state index in [2.05, 4.69) is 15.2 Å². The molecule has 0 aliphatic carbocycles. The van der Waals surface area contributed by atoms with Crippen LogP contribution in [0.25, 0.3) is 0 Å². The van der Waals surface area contributed by atoms with Gasteiger partial charge in [0.2, 0.25) is 0 Å². The number of aromatic nitrogens is 1. The maximum atomic E-state index is 14.3. The topological polar surface area (TPSA) is 28.2 Å². The van der Waals surface area contributed by atoms with E-state index in [-0.39, 0.29) is 11.9 Å². The molecule has 1 unspecified atom stereocenters. The Balaban J connectivity index is 1.73. The number of hydrogen-bond acceptors (Lipinski definition) is 3. The fourth-order valence-corrected chi connectivity index (χ4v) is 2.77. The highest BCUT2D eigenvalue weighted by Gasteiger charge is 2.16. The van der Waals surface area contributed by atoms with Crippen LogP contribution in [0.1, 0.15) is 31.5 Å². The molecule has 2 aromatic rings. The minimum absolute atomic E-state index is 0.0447. The number of benzene rings is 1. The number of anilines is 2. The van der Waals surface area contributed by atoms with E-state index in [1.165, 1.54) is 0 Å². The molecule has 0 bridgehead atoms. The van der Waals surface area contributed by atoms with Crippen LogP contribution < -0.4 is 10.2 Å². The SMILES string of the molecule is CC(Nc1ccc(N2CCCC2)c(F)c1)c1ccccn1. The summed E-state index contributed by atoms with van der Waals surface area (Å²) in [5.41, 5.74) is 2.44. The van der Waals surface area contributed by atoms with E-state index in [4.69, 9.17) is 0 Å². The Morgan fingerprint density at radius 3 is 2.67 bits per heavy atom. The van der Waals surface area contributed by atoms with Crippen molar-refractivity contribution in [1.29, 1.82) is 0 Å². The number of nitrogens with zero attached hydrogens (tertiary/aromatic N) is 2. The molecule has 0 radical (unpaired) electrons. The molecule has 3 nitrogen and oxygen atoms in total. The number of rotatable bonds is 4.